The second kappa shape index (κ2) is 8.46. The van der Waals surface area contributed by atoms with Crippen molar-refractivity contribution >= 4 is 23.5 Å². The van der Waals surface area contributed by atoms with E-state index in [9.17, 15) is 9.59 Å². The fourth-order valence-corrected chi connectivity index (χ4v) is 3.66. The molecule has 2 aromatic carbocycles. The van der Waals surface area contributed by atoms with Crippen LogP contribution in [-0.2, 0) is 9.59 Å². The fraction of sp³-hybridized carbons (Fsp3) is 0.238. The summed E-state index contributed by atoms with van der Waals surface area (Å²) in [6.07, 6.45) is 1.12. The summed E-state index contributed by atoms with van der Waals surface area (Å²) in [6.45, 7) is -1.11. The predicted molar refractivity (Wildman–Crippen MR) is 105 cm³/mol. The van der Waals surface area contributed by atoms with E-state index in [0.717, 1.165) is 22.6 Å². The molecule has 2 aromatic rings. The minimum absolute atomic E-state index is 0.0628. The van der Waals surface area contributed by atoms with Gasteiger partial charge in [0, 0.05) is 51.8 Å². The van der Waals surface area contributed by atoms with Crippen molar-refractivity contribution in [2.45, 2.75) is 11.8 Å². The highest BCUT2D eigenvalue weighted by molar-refractivity contribution is 6.30. The number of likely N-dealkylation sites (tertiary alicyclic amines) is 1. The van der Waals surface area contributed by atoms with Gasteiger partial charge in [-0.3, -0.25) is 0 Å². The summed E-state index contributed by atoms with van der Waals surface area (Å²) < 4.78 is 29.3. The second-order valence-electron chi connectivity index (χ2n) is 6.45. The highest BCUT2D eigenvalue weighted by atomic mass is 35.5. The number of aliphatic carboxylic acids is 2. The maximum Gasteiger partial charge on any atom is 0.328 e. The molecule has 146 valence electrons. The molecule has 0 unspecified atom stereocenters. The van der Waals surface area contributed by atoms with Crippen molar-refractivity contribution in [3.05, 3.63) is 70.8 Å². The number of halogens is 1. The molecule has 2 aliphatic heterocycles. The van der Waals surface area contributed by atoms with Crippen molar-refractivity contribution in [2.75, 3.05) is 20.1 Å². The van der Waals surface area contributed by atoms with Gasteiger partial charge in [0.2, 0.25) is 0 Å². The number of rotatable bonds is 2. The van der Waals surface area contributed by atoms with E-state index in [1.165, 1.54) is 0 Å². The van der Waals surface area contributed by atoms with Crippen LogP contribution in [0.5, 0.6) is 11.5 Å². The Kier molecular flexibility index (Phi) is 4.88. The molecule has 2 atom stereocenters. The van der Waals surface area contributed by atoms with E-state index in [1.807, 2.05) is 36.4 Å². The zero-order valence-electron chi connectivity index (χ0n) is 17.7. The Morgan fingerprint density at radius 1 is 1.07 bits per heavy atom. The molecule has 0 saturated carbocycles. The molecule has 0 amide bonds. The average molecular weight is 406 g/mol. The predicted octanol–water partition coefficient (Wildman–Crippen LogP) is 3.97. The number of hydrogen-bond donors (Lipinski definition) is 2. The van der Waals surface area contributed by atoms with Gasteiger partial charge in [0.25, 0.3) is 0 Å². The van der Waals surface area contributed by atoms with E-state index < -0.39 is 18.9 Å². The Morgan fingerprint density at radius 2 is 1.68 bits per heavy atom. The quantitative estimate of drug-likeness (QED) is 0.580. The second-order valence-corrected chi connectivity index (χ2v) is 6.89. The highest BCUT2D eigenvalue weighted by Crippen LogP contribution is 2.49. The summed E-state index contributed by atoms with van der Waals surface area (Å²) in [4.78, 5) is 20.7. The largest absolute Gasteiger partial charge is 0.478 e. The molecular formula is C21H20ClNO5. The van der Waals surface area contributed by atoms with Gasteiger partial charge in [-0.15, -0.1) is 0 Å². The van der Waals surface area contributed by atoms with Crippen LogP contribution < -0.4 is 4.74 Å². The number of nitrogens with zero attached hydrogens (tertiary/aromatic N) is 1. The summed E-state index contributed by atoms with van der Waals surface area (Å²) in [5, 5.41) is 16.3. The molecule has 0 spiro atoms. The first-order valence-electron chi connectivity index (χ1n) is 10.0. The Bertz CT molecular complexity index is 1010. The van der Waals surface area contributed by atoms with Crippen LogP contribution in [0.15, 0.2) is 54.6 Å². The van der Waals surface area contributed by atoms with Crippen molar-refractivity contribution in [2.24, 2.45) is 0 Å². The highest BCUT2D eigenvalue weighted by Gasteiger charge is 2.38. The lowest BCUT2D eigenvalue weighted by molar-refractivity contribution is -0.134. The molecule has 4 rings (SSSR count). The number of carboxylic acid groups (broad SMARTS) is 2. The first-order chi connectivity index (χ1) is 14.6. The maximum atomic E-state index is 9.55. The zero-order chi connectivity index (χ0) is 22.8. The van der Waals surface area contributed by atoms with Crippen LogP contribution >= 0.6 is 11.6 Å². The Labute approximate surface area is 171 Å². The molecule has 0 radical (unpaired) electrons. The number of carboxylic acids is 2. The van der Waals surface area contributed by atoms with Crippen molar-refractivity contribution in [1.29, 1.82) is 0 Å². The molecular weight excluding hydrogens is 383 g/mol. The third-order valence-corrected chi connectivity index (χ3v) is 4.83. The van der Waals surface area contributed by atoms with Crippen LogP contribution in [0.3, 0.4) is 0 Å². The fourth-order valence-electron chi connectivity index (χ4n) is 3.48. The van der Waals surface area contributed by atoms with Gasteiger partial charge in [-0.1, -0.05) is 29.8 Å². The van der Waals surface area contributed by atoms with E-state index in [0.29, 0.717) is 30.3 Å². The van der Waals surface area contributed by atoms with Crippen LogP contribution in [0.1, 0.15) is 27.1 Å². The monoisotopic (exact) mass is 405 g/mol. The van der Waals surface area contributed by atoms with E-state index in [-0.39, 0.29) is 11.8 Å². The smallest absolute Gasteiger partial charge is 0.328 e. The molecule has 2 N–H and O–H groups in total. The molecule has 1 saturated heterocycles. The number of para-hydroxylation sites is 1. The number of likely N-dealkylation sites (N-methyl/N-ethyl adjacent to an activating group) is 1. The van der Waals surface area contributed by atoms with Crippen molar-refractivity contribution in [3.8, 4) is 11.5 Å². The number of fused-ring (bicyclic) bond motifs is 5. The van der Waals surface area contributed by atoms with E-state index in [4.69, 9.17) is 30.7 Å². The minimum atomic E-state index is -2.08. The number of carbonyl (C=O) groups is 2. The zero-order valence-corrected chi connectivity index (χ0v) is 15.5. The van der Waals surface area contributed by atoms with Crippen molar-refractivity contribution in [3.63, 3.8) is 0 Å². The Morgan fingerprint density at radius 3 is 2.32 bits per heavy atom. The first kappa shape index (κ1) is 16.2. The summed E-state index contributed by atoms with van der Waals surface area (Å²) in [6, 6.07) is 13.5. The van der Waals surface area contributed by atoms with Crippen molar-refractivity contribution in [1.82, 2.24) is 4.90 Å². The Hall–Kier alpha value is -2.83. The molecule has 0 aliphatic carbocycles. The maximum absolute atomic E-state index is 9.55. The lowest BCUT2D eigenvalue weighted by atomic mass is 9.84. The van der Waals surface area contributed by atoms with Gasteiger partial charge in [-0.05, 0) is 36.8 Å². The normalized spacial score (nSPS) is 22.1. The Balaban J connectivity index is 0.000000293. The summed E-state index contributed by atoms with van der Waals surface area (Å²) in [5.41, 5.74) is 2.06. The number of hydrogen-bond acceptors (Lipinski definition) is 4. The van der Waals surface area contributed by atoms with Gasteiger partial charge < -0.3 is 19.8 Å². The topological polar surface area (TPSA) is 87.1 Å². The van der Waals surface area contributed by atoms with Crippen molar-refractivity contribution < 1.29 is 28.7 Å². The molecule has 2 aliphatic rings. The lowest BCUT2D eigenvalue weighted by Crippen LogP contribution is -2.14. The molecule has 2 heterocycles. The summed E-state index contributed by atoms with van der Waals surface area (Å²) in [5.74, 6) is -0.795. The molecule has 6 nitrogen and oxygen atoms in total. The minimum Gasteiger partial charge on any atom is -0.478 e. The molecule has 0 aromatic heterocycles. The molecule has 28 heavy (non-hydrogen) atoms. The van der Waals surface area contributed by atoms with E-state index in [2.05, 4.69) is 0 Å². The number of benzene rings is 2. The summed E-state index contributed by atoms with van der Waals surface area (Å²) >= 11 is 6.18. The standard InChI is InChI=1S/C17H16ClNO.C4H4O4/c1-19-9-14-12-4-2-3-5-16(12)20-17-7-6-11(18)8-13(17)15(14)10-19;5-3(6)1-2-4(7)8/h2-8,14-15H,9-10H2,1H3;1-2H,(H,5,6)(H,7,8)/b;2-1-/t14-,15-;/m1./s1/i1+1D3;. The van der Waals surface area contributed by atoms with Gasteiger partial charge in [0.1, 0.15) is 11.5 Å². The van der Waals surface area contributed by atoms with Gasteiger partial charge in [-0.2, -0.15) is 0 Å². The van der Waals surface area contributed by atoms with Crippen LogP contribution in [0, 0.1) is 0 Å². The average Bonchev–Trinajstić information content (AvgIpc) is 3.09. The van der Waals surface area contributed by atoms with Gasteiger partial charge in [0.15, 0.2) is 0 Å². The van der Waals surface area contributed by atoms with Crippen LogP contribution in [0.25, 0.3) is 0 Å². The van der Waals surface area contributed by atoms with Crippen LogP contribution in [0.4, 0.5) is 0 Å². The number of ether oxygens (including phenoxy) is 1. The van der Waals surface area contributed by atoms with Gasteiger partial charge in [0.05, 0.1) is 0 Å². The molecule has 7 heteroatoms. The van der Waals surface area contributed by atoms with Crippen LogP contribution in [-0.4, -0.2) is 47.1 Å². The van der Waals surface area contributed by atoms with Gasteiger partial charge >= 0.3 is 11.9 Å². The van der Waals surface area contributed by atoms with E-state index in [1.54, 1.807) is 11.0 Å². The van der Waals surface area contributed by atoms with Gasteiger partial charge in [-0.25, -0.2) is 9.59 Å². The summed E-state index contributed by atoms with van der Waals surface area (Å²) in [7, 11) is 0. The third-order valence-electron chi connectivity index (χ3n) is 4.60. The first-order valence-corrected chi connectivity index (χ1v) is 8.89. The lowest BCUT2D eigenvalue weighted by Gasteiger charge is -2.17. The SMILES string of the molecule is O=C(O)/C=C\C(=O)O.[2H][13C]([2H])([2H])N1C[C@@H]2c3ccccc3Oc3ccc(Cl)cc3[C@H]2C1. The van der Waals surface area contributed by atoms with E-state index >= 15 is 0 Å². The molecule has 1 fully saturated rings. The third kappa shape index (κ3) is 4.52. The molecule has 0 bridgehead atoms. The van der Waals surface area contributed by atoms with Crippen LogP contribution in [0.2, 0.25) is 5.02 Å².